The summed E-state index contributed by atoms with van der Waals surface area (Å²) in [6.07, 6.45) is 0.163. The zero-order valence-corrected chi connectivity index (χ0v) is 9.04. The Kier molecular flexibility index (Phi) is 3.42. The van der Waals surface area contributed by atoms with Gasteiger partial charge in [0.15, 0.2) is 0 Å². The first-order chi connectivity index (χ1) is 6.49. The van der Waals surface area contributed by atoms with Crippen LogP contribution in [0.3, 0.4) is 0 Å². The van der Waals surface area contributed by atoms with Gasteiger partial charge in [0, 0.05) is 11.4 Å². The van der Waals surface area contributed by atoms with Crippen LogP contribution in [0.15, 0.2) is 24.3 Å². The van der Waals surface area contributed by atoms with Crippen LogP contribution in [-0.4, -0.2) is 10.1 Å². The minimum atomic E-state index is -0.451. The molecule has 0 spiro atoms. The molecule has 0 saturated heterocycles. The molecule has 0 aliphatic heterocycles. The molecule has 1 rings (SSSR count). The Morgan fingerprint density at radius 3 is 2.36 bits per heavy atom. The molecule has 76 valence electrons. The molecule has 0 radical (unpaired) electrons. The molecular weight excluding hydrogens is 174 g/mol. The molecule has 1 aromatic heterocycles. The van der Waals surface area contributed by atoms with Gasteiger partial charge in [-0.1, -0.05) is 5.57 Å². The number of hydrogen-bond donors (Lipinski definition) is 1. The number of aliphatic hydroxyl groups is 1. The van der Waals surface area contributed by atoms with Crippen molar-refractivity contribution >= 4 is 0 Å². The highest BCUT2D eigenvalue weighted by Gasteiger charge is 2.08. The van der Waals surface area contributed by atoms with Gasteiger partial charge in [0.25, 0.3) is 0 Å². The average Bonchev–Trinajstić information content (AvgIpc) is 2.00. The molecule has 1 unspecified atom stereocenters. The number of nitrogens with zero attached hydrogens (tertiary/aromatic N) is 1. The maximum absolute atomic E-state index is 9.85. The van der Waals surface area contributed by atoms with Crippen molar-refractivity contribution < 1.29 is 5.11 Å². The van der Waals surface area contributed by atoms with Crippen molar-refractivity contribution in [2.45, 2.75) is 33.3 Å². The summed E-state index contributed by atoms with van der Waals surface area (Å²) in [6.45, 7) is 9.58. The van der Waals surface area contributed by atoms with E-state index in [1.807, 2.05) is 32.9 Å². The van der Waals surface area contributed by atoms with Crippen molar-refractivity contribution in [3.8, 4) is 0 Å². The summed E-state index contributed by atoms with van der Waals surface area (Å²) in [7, 11) is 0. The second-order valence-corrected chi connectivity index (χ2v) is 3.86. The second-order valence-electron chi connectivity index (χ2n) is 3.86. The summed E-state index contributed by atoms with van der Waals surface area (Å²) in [5.74, 6) is 0. The molecule has 1 heterocycles. The summed E-state index contributed by atoms with van der Waals surface area (Å²) in [4.78, 5) is 4.26. The van der Waals surface area contributed by atoms with E-state index in [1.54, 1.807) is 0 Å². The van der Waals surface area contributed by atoms with Crippen LogP contribution >= 0.6 is 0 Å². The summed E-state index contributed by atoms with van der Waals surface area (Å²) in [5.41, 5.74) is 3.81. The van der Waals surface area contributed by atoms with E-state index in [0.29, 0.717) is 6.42 Å². The minimum absolute atomic E-state index is 0.451. The Labute approximate surface area is 85.3 Å². The summed E-state index contributed by atoms with van der Waals surface area (Å²) >= 11 is 0. The summed E-state index contributed by atoms with van der Waals surface area (Å²) < 4.78 is 0. The quantitative estimate of drug-likeness (QED) is 0.745. The number of rotatable bonds is 3. The molecule has 0 amide bonds. The van der Waals surface area contributed by atoms with E-state index >= 15 is 0 Å². The highest BCUT2D eigenvalue weighted by Crippen LogP contribution is 2.20. The minimum Gasteiger partial charge on any atom is -0.388 e. The summed E-state index contributed by atoms with van der Waals surface area (Å²) in [6, 6.07) is 3.83. The predicted octanol–water partition coefficient (Wildman–Crippen LogP) is 2.70. The van der Waals surface area contributed by atoms with E-state index in [-0.39, 0.29) is 0 Å². The number of aromatic nitrogens is 1. The second kappa shape index (κ2) is 4.38. The van der Waals surface area contributed by atoms with Crippen LogP contribution in [0.5, 0.6) is 0 Å². The van der Waals surface area contributed by atoms with E-state index in [4.69, 9.17) is 0 Å². The standard InChI is InChI=1S/C12H17NO/c1-8(2)5-12(14)11-6-9(3)13-10(4)7-11/h6-7,12,14H,1,5H2,2-4H3. The highest BCUT2D eigenvalue weighted by atomic mass is 16.3. The normalized spacial score (nSPS) is 12.6. The van der Waals surface area contributed by atoms with Gasteiger partial charge >= 0.3 is 0 Å². The van der Waals surface area contributed by atoms with Crippen molar-refractivity contribution in [2.75, 3.05) is 0 Å². The third-order valence-corrected chi connectivity index (χ3v) is 2.03. The smallest absolute Gasteiger partial charge is 0.0828 e. The Morgan fingerprint density at radius 2 is 1.93 bits per heavy atom. The lowest BCUT2D eigenvalue weighted by atomic mass is 10.0. The van der Waals surface area contributed by atoms with Crippen LogP contribution in [-0.2, 0) is 0 Å². The van der Waals surface area contributed by atoms with Gasteiger partial charge in [-0.15, -0.1) is 6.58 Å². The van der Waals surface area contributed by atoms with Crippen LogP contribution in [0.25, 0.3) is 0 Å². The van der Waals surface area contributed by atoms with Crippen LogP contribution in [0.2, 0.25) is 0 Å². The fourth-order valence-electron chi connectivity index (χ4n) is 1.51. The van der Waals surface area contributed by atoms with Gasteiger partial charge in [0.05, 0.1) is 6.10 Å². The molecule has 2 heteroatoms. The van der Waals surface area contributed by atoms with Crippen molar-refractivity contribution in [2.24, 2.45) is 0 Å². The first kappa shape index (κ1) is 10.9. The van der Waals surface area contributed by atoms with E-state index in [9.17, 15) is 5.11 Å². The number of aliphatic hydroxyl groups excluding tert-OH is 1. The lowest BCUT2D eigenvalue weighted by molar-refractivity contribution is 0.178. The number of hydrogen-bond acceptors (Lipinski definition) is 2. The van der Waals surface area contributed by atoms with Crippen LogP contribution in [0.1, 0.15) is 36.4 Å². The molecule has 1 N–H and O–H groups in total. The molecule has 0 bridgehead atoms. The van der Waals surface area contributed by atoms with E-state index < -0.39 is 6.10 Å². The third-order valence-electron chi connectivity index (χ3n) is 2.03. The van der Waals surface area contributed by atoms with Crippen LogP contribution in [0, 0.1) is 13.8 Å². The van der Waals surface area contributed by atoms with Crippen molar-refractivity contribution in [1.29, 1.82) is 0 Å². The third kappa shape index (κ3) is 2.96. The first-order valence-corrected chi connectivity index (χ1v) is 4.76. The van der Waals surface area contributed by atoms with Crippen molar-refractivity contribution in [3.05, 3.63) is 41.2 Å². The van der Waals surface area contributed by atoms with Crippen molar-refractivity contribution in [3.63, 3.8) is 0 Å². The summed E-state index contributed by atoms with van der Waals surface area (Å²) in [5, 5.41) is 9.85. The van der Waals surface area contributed by atoms with Crippen molar-refractivity contribution in [1.82, 2.24) is 4.98 Å². The lowest BCUT2D eigenvalue weighted by Crippen LogP contribution is -2.00. The first-order valence-electron chi connectivity index (χ1n) is 4.76. The van der Waals surface area contributed by atoms with Crippen LogP contribution in [0.4, 0.5) is 0 Å². The van der Waals surface area contributed by atoms with Gasteiger partial charge in [-0.05, 0) is 44.9 Å². The van der Waals surface area contributed by atoms with Gasteiger partial charge in [0.1, 0.15) is 0 Å². The van der Waals surface area contributed by atoms with Gasteiger partial charge in [-0.2, -0.15) is 0 Å². The Bertz CT molecular complexity index is 324. The molecular formula is C12H17NO. The van der Waals surface area contributed by atoms with E-state index in [2.05, 4.69) is 11.6 Å². The van der Waals surface area contributed by atoms with Gasteiger partial charge in [-0.3, -0.25) is 4.98 Å². The molecule has 2 nitrogen and oxygen atoms in total. The van der Waals surface area contributed by atoms with Gasteiger partial charge in [0.2, 0.25) is 0 Å². The fourth-order valence-corrected chi connectivity index (χ4v) is 1.51. The van der Waals surface area contributed by atoms with Gasteiger partial charge in [-0.25, -0.2) is 0 Å². The molecule has 0 saturated carbocycles. The topological polar surface area (TPSA) is 33.1 Å². The molecule has 0 aliphatic rings. The Morgan fingerprint density at radius 1 is 1.43 bits per heavy atom. The molecule has 1 atom stereocenters. The molecule has 0 aromatic carbocycles. The zero-order chi connectivity index (χ0) is 10.7. The fraction of sp³-hybridized carbons (Fsp3) is 0.417. The van der Waals surface area contributed by atoms with E-state index in [0.717, 1.165) is 22.5 Å². The largest absolute Gasteiger partial charge is 0.388 e. The maximum Gasteiger partial charge on any atom is 0.0828 e. The monoisotopic (exact) mass is 191 g/mol. The SMILES string of the molecule is C=C(C)CC(O)c1cc(C)nc(C)c1. The average molecular weight is 191 g/mol. The van der Waals surface area contributed by atoms with Gasteiger partial charge < -0.3 is 5.11 Å². The number of pyridine rings is 1. The lowest BCUT2D eigenvalue weighted by Gasteiger charge is -2.11. The highest BCUT2D eigenvalue weighted by molar-refractivity contribution is 5.23. The van der Waals surface area contributed by atoms with E-state index in [1.165, 1.54) is 0 Å². The maximum atomic E-state index is 9.85. The number of aryl methyl sites for hydroxylation is 2. The Balaban J connectivity index is 2.89. The molecule has 0 fully saturated rings. The molecule has 0 aliphatic carbocycles. The zero-order valence-electron chi connectivity index (χ0n) is 9.04. The predicted molar refractivity (Wildman–Crippen MR) is 58.1 cm³/mol. The Hall–Kier alpha value is -1.15. The van der Waals surface area contributed by atoms with Crippen LogP contribution < -0.4 is 0 Å². The molecule has 14 heavy (non-hydrogen) atoms. The molecule has 1 aromatic rings.